The molecule has 1 fully saturated rings. The molecule has 10 nitrogen and oxygen atoms in total. The van der Waals surface area contributed by atoms with Gasteiger partial charge in [-0.3, -0.25) is 8.98 Å². The normalized spacial score (nSPS) is 33.0. The molecule has 0 unspecified atom stereocenters. The zero-order chi connectivity index (χ0) is 33.8. The number of amides is 1. The molecule has 47 heavy (non-hydrogen) atoms. The van der Waals surface area contributed by atoms with Crippen molar-refractivity contribution in [1.29, 1.82) is 0 Å². The van der Waals surface area contributed by atoms with Crippen molar-refractivity contribution in [3.05, 3.63) is 70.3 Å². The maximum atomic E-state index is 13.4. The quantitative estimate of drug-likeness (QED) is 0.347. The number of allylic oxidation sites excluding steroid dienone is 1. The zero-order valence-corrected chi connectivity index (χ0v) is 29.3. The fraction of sp³-hybridized carbons (Fsp3) is 0.559. The maximum absolute atomic E-state index is 13.4. The molecule has 0 saturated heterocycles. The predicted octanol–water partition coefficient (Wildman–Crippen LogP) is 4.59. The molecule has 2 aliphatic heterocycles. The van der Waals surface area contributed by atoms with E-state index in [0.29, 0.717) is 42.6 Å². The summed E-state index contributed by atoms with van der Waals surface area (Å²) in [6, 6.07) is 11.0. The van der Waals surface area contributed by atoms with E-state index in [0.717, 1.165) is 31.9 Å². The van der Waals surface area contributed by atoms with Gasteiger partial charge in [-0.2, -0.15) is 8.42 Å². The number of aliphatic hydroxyl groups is 1. The summed E-state index contributed by atoms with van der Waals surface area (Å²) >= 11 is 6.40. The molecule has 2 aliphatic carbocycles. The van der Waals surface area contributed by atoms with Crippen molar-refractivity contribution in [3.63, 3.8) is 0 Å². The number of carbonyl (C=O) groups is 1. The Bertz CT molecular complexity index is 1800. The molecule has 1 spiro atoms. The van der Waals surface area contributed by atoms with Crippen LogP contribution in [0.5, 0.6) is 5.75 Å². The number of sulfonamides is 1. The number of halogens is 1. The summed E-state index contributed by atoms with van der Waals surface area (Å²) in [5, 5.41) is 11.8. The van der Waals surface area contributed by atoms with Gasteiger partial charge in [-0.1, -0.05) is 36.7 Å². The molecular weight excluding hydrogens is 664 g/mol. The lowest BCUT2D eigenvalue weighted by Crippen LogP contribution is -2.54. The molecule has 6 atom stereocenters. The summed E-state index contributed by atoms with van der Waals surface area (Å²) in [6.45, 7) is 4.32. The van der Waals surface area contributed by atoms with Gasteiger partial charge in [0, 0.05) is 29.1 Å². The number of ether oxygens (including phenoxy) is 1. The Morgan fingerprint density at radius 1 is 1.17 bits per heavy atom. The first-order valence-corrected chi connectivity index (χ1v) is 19.9. The minimum absolute atomic E-state index is 0.0359. The first-order chi connectivity index (χ1) is 22.1. The van der Waals surface area contributed by atoms with Gasteiger partial charge in [0.25, 0.3) is 16.0 Å². The Morgan fingerprint density at radius 2 is 1.96 bits per heavy atom. The van der Waals surface area contributed by atoms with Crippen LogP contribution in [0.3, 0.4) is 0 Å². The predicted molar refractivity (Wildman–Crippen MR) is 181 cm³/mol. The van der Waals surface area contributed by atoms with E-state index < -0.39 is 49.4 Å². The number of nitrogens with one attached hydrogen (secondary N) is 1. The van der Waals surface area contributed by atoms with Crippen LogP contribution in [-0.4, -0.2) is 71.3 Å². The van der Waals surface area contributed by atoms with E-state index in [1.165, 1.54) is 11.1 Å². The molecule has 1 saturated carbocycles. The van der Waals surface area contributed by atoms with Gasteiger partial charge in [0.1, 0.15) is 11.4 Å². The SMILES string of the molecule is C[C@@H]1[C@@H](C)C/C=C/[C@](O)(COS(C)(=O)=O)[C@@H]2CC[C@H]2CN2C[C@@]3(CCCc4cc(Cl)ccc43)COc3ccc(cc32)C(=O)NS1(=O)=O. The van der Waals surface area contributed by atoms with Gasteiger partial charge in [0.05, 0.1) is 30.4 Å². The van der Waals surface area contributed by atoms with Gasteiger partial charge in [-0.15, -0.1) is 0 Å². The van der Waals surface area contributed by atoms with E-state index in [2.05, 4.69) is 15.7 Å². The zero-order valence-electron chi connectivity index (χ0n) is 26.9. The molecule has 4 aliphatic rings. The van der Waals surface area contributed by atoms with Crippen LogP contribution in [0, 0.1) is 17.8 Å². The van der Waals surface area contributed by atoms with Gasteiger partial charge in [0.15, 0.2) is 0 Å². The summed E-state index contributed by atoms with van der Waals surface area (Å²) in [7, 11) is -7.90. The number of hydrogen-bond donors (Lipinski definition) is 2. The highest BCUT2D eigenvalue weighted by atomic mass is 35.5. The number of carbonyl (C=O) groups excluding carboxylic acids is 1. The molecular formula is C34H43ClN2O8S2. The maximum Gasteiger partial charge on any atom is 0.264 e. The van der Waals surface area contributed by atoms with Crippen molar-refractivity contribution in [3.8, 4) is 5.75 Å². The van der Waals surface area contributed by atoms with Gasteiger partial charge in [-0.05, 0) is 105 Å². The van der Waals surface area contributed by atoms with Crippen LogP contribution in [0.1, 0.15) is 67.4 Å². The largest absolute Gasteiger partial charge is 0.490 e. The van der Waals surface area contributed by atoms with Gasteiger partial charge < -0.3 is 14.7 Å². The fourth-order valence-electron chi connectivity index (χ4n) is 7.73. The Morgan fingerprint density at radius 3 is 2.68 bits per heavy atom. The van der Waals surface area contributed by atoms with Gasteiger partial charge in [0.2, 0.25) is 10.0 Å². The van der Waals surface area contributed by atoms with Crippen molar-refractivity contribution >= 4 is 43.3 Å². The lowest BCUT2D eigenvalue weighted by atomic mass is 9.64. The average Bonchev–Trinajstić information content (AvgIpc) is 3.13. The number of hydrogen-bond acceptors (Lipinski definition) is 9. The molecule has 13 heteroatoms. The number of nitrogens with zero attached hydrogens (tertiary/aromatic N) is 1. The Labute approximate surface area is 282 Å². The van der Waals surface area contributed by atoms with Crippen LogP contribution < -0.4 is 14.4 Å². The minimum Gasteiger partial charge on any atom is -0.490 e. The van der Waals surface area contributed by atoms with E-state index in [1.54, 1.807) is 44.2 Å². The lowest BCUT2D eigenvalue weighted by Gasteiger charge is -2.49. The Hall–Kier alpha value is -2.64. The summed E-state index contributed by atoms with van der Waals surface area (Å²) in [4.78, 5) is 15.6. The topological polar surface area (TPSA) is 139 Å². The van der Waals surface area contributed by atoms with E-state index in [4.69, 9.17) is 20.5 Å². The van der Waals surface area contributed by atoms with Crippen LogP contribution in [0.15, 0.2) is 48.6 Å². The number of rotatable bonds is 3. The van der Waals surface area contributed by atoms with Crippen molar-refractivity contribution in [2.45, 2.75) is 68.6 Å². The first kappa shape index (κ1) is 34.2. The molecule has 2 N–H and O–H groups in total. The highest BCUT2D eigenvalue weighted by Crippen LogP contribution is 2.48. The molecule has 2 heterocycles. The molecule has 2 aromatic carbocycles. The summed E-state index contributed by atoms with van der Waals surface area (Å²) in [5.74, 6) is -0.901. The molecule has 2 bridgehead atoms. The smallest absolute Gasteiger partial charge is 0.264 e. The molecule has 0 radical (unpaired) electrons. The van der Waals surface area contributed by atoms with E-state index in [1.807, 2.05) is 12.1 Å². The van der Waals surface area contributed by atoms with Crippen LogP contribution in [-0.2, 0) is 36.2 Å². The number of fused-ring (bicyclic) bond motifs is 4. The molecule has 0 aromatic heterocycles. The van der Waals surface area contributed by atoms with Crippen LogP contribution in [0.25, 0.3) is 0 Å². The van der Waals surface area contributed by atoms with E-state index in [-0.39, 0.29) is 29.2 Å². The van der Waals surface area contributed by atoms with Crippen LogP contribution in [0.2, 0.25) is 5.02 Å². The highest BCUT2D eigenvalue weighted by Gasteiger charge is 2.48. The van der Waals surface area contributed by atoms with Gasteiger partial charge in [-0.25, -0.2) is 13.1 Å². The molecule has 6 rings (SSSR count). The monoisotopic (exact) mass is 706 g/mol. The third-order valence-corrected chi connectivity index (χ3v) is 13.5. The van der Waals surface area contributed by atoms with Crippen LogP contribution >= 0.6 is 11.6 Å². The third-order valence-electron chi connectivity index (χ3n) is 10.8. The lowest BCUT2D eigenvalue weighted by molar-refractivity contribution is -0.0697. The Kier molecular flexibility index (Phi) is 9.23. The molecule has 2 aromatic rings. The molecule has 256 valence electrons. The highest BCUT2D eigenvalue weighted by molar-refractivity contribution is 7.90. The van der Waals surface area contributed by atoms with Gasteiger partial charge >= 0.3 is 0 Å². The summed E-state index contributed by atoms with van der Waals surface area (Å²) in [6.07, 6.45) is 8.70. The first-order valence-electron chi connectivity index (χ1n) is 16.2. The second-order valence-electron chi connectivity index (χ2n) is 14.0. The van der Waals surface area contributed by atoms with E-state index >= 15 is 0 Å². The Balaban J connectivity index is 1.45. The third kappa shape index (κ3) is 6.94. The van der Waals surface area contributed by atoms with Crippen LogP contribution in [0.4, 0.5) is 5.69 Å². The van der Waals surface area contributed by atoms with Crippen molar-refractivity contribution in [1.82, 2.24) is 4.72 Å². The van der Waals surface area contributed by atoms with Crippen molar-refractivity contribution < 1.29 is 35.7 Å². The second-order valence-corrected chi connectivity index (χ2v) is 18.1. The summed E-state index contributed by atoms with van der Waals surface area (Å²) in [5.41, 5.74) is 1.23. The minimum atomic E-state index is -4.06. The van der Waals surface area contributed by atoms with Crippen molar-refractivity contribution in [2.75, 3.05) is 37.5 Å². The second kappa shape index (κ2) is 12.7. The number of aryl methyl sites for hydroxylation is 1. The standard InChI is InChI=1S/C34H43ClN2O8S2/c1-22-6-4-15-34(39,21-45-46(3,40)41)29-11-8-26(29)18-37-19-33(14-5-7-24-16-27(35)10-12-28(24)33)20-44-31-13-9-25(17-30(31)37)32(38)36-47(42,43)23(22)2/h4,9-10,12-13,15-17,22-23,26,29,39H,5-8,11,14,18-21H2,1-3H3,(H,36,38)/b15-4+/t22-,23+,26-,29+,33-,34-/m0/s1. The number of benzene rings is 2. The van der Waals surface area contributed by atoms with E-state index in [9.17, 15) is 26.7 Å². The van der Waals surface area contributed by atoms with Crippen molar-refractivity contribution in [2.24, 2.45) is 17.8 Å². The summed E-state index contributed by atoms with van der Waals surface area (Å²) < 4.78 is 64.7. The number of anilines is 1. The average molecular weight is 707 g/mol. The fourth-order valence-corrected chi connectivity index (χ4v) is 9.61. The molecule has 1 amide bonds.